The fourth-order valence-electron chi connectivity index (χ4n) is 1.93. The topological polar surface area (TPSA) is 50.2 Å². The molecule has 0 radical (unpaired) electrons. The van der Waals surface area contributed by atoms with Gasteiger partial charge in [-0.1, -0.05) is 23.8 Å². The van der Waals surface area contributed by atoms with E-state index in [2.05, 4.69) is 37.0 Å². The van der Waals surface area contributed by atoms with Gasteiger partial charge in [0.25, 0.3) is 0 Å². The Bertz CT molecular complexity index is 602. The van der Waals surface area contributed by atoms with Crippen molar-refractivity contribution in [3.05, 3.63) is 50.5 Å². The van der Waals surface area contributed by atoms with Crippen molar-refractivity contribution in [3.8, 4) is 0 Å². The molecule has 4 heteroatoms. The second-order valence-electron chi connectivity index (χ2n) is 4.43. The third kappa shape index (κ3) is 2.59. The molecule has 0 aliphatic carbocycles. The van der Waals surface area contributed by atoms with Crippen molar-refractivity contribution >= 4 is 17.3 Å². The van der Waals surface area contributed by atoms with Gasteiger partial charge in [0.05, 0.1) is 10.7 Å². The molecule has 0 atom stereocenters. The van der Waals surface area contributed by atoms with Gasteiger partial charge in [-0.15, -0.1) is 11.3 Å². The van der Waals surface area contributed by atoms with E-state index in [4.69, 9.17) is 5.11 Å². The highest BCUT2D eigenvalue weighted by atomic mass is 32.1. The molecule has 0 fully saturated rings. The minimum atomic E-state index is -0.892. The SMILES string of the molecule is Cc1ccc(Cc2nc(C)c(C(=O)O)s2)c(C)c1. The zero-order valence-corrected chi connectivity index (χ0v) is 11.5. The summed E-state index contributed by atoms with van der Waals surface area (Å²) in [7, 11) is 0. The minimum Gasteiger partial charge on any atom is -0.477 e. The zero-order chi connectivity index (χ0) is 13.3. The molecule has 2 aromatic rings. The summed E-state index contributed by atoms with van der Waals surface area (Å²) >= 11 is 1.26. The fraction of sp³-hybridized carbons (Fsp3) is 0.286. The fourth-order valence-corrected chi connectivity index (χ4v) is 2.86. The molecule has 0 amide bonds. The summed E-state index contributed by atoms with van der Waals surface area (Å²) in [5, 5.41) is 9.86. The van der Waals surface area contributed by atoms with Crippen LogP contribution in [0, 0.1) is 20.8 Å². The second-order valence-corrected chi connectivity index (χ2v) is 5.52. The highest BCUT2D eigenvalue weighted by molar-refractivity contribution is 7.13. The molecular formula is C14H15NO2S. The summed E-state index contributed by atoms with van der Waals surface area (Å²) in [6.07, 6.45) is 0.699. The van der Waals surface area contributed by atoms with E-state index in [9.17, 15) is 4.79 Å². The van der Waals surface area contributed by atoms with Crippen LogP contribution in [0.25, 0.3) is 0 Å². The molecule has 0 unspecified atom stereocenters. The van der Waals surface area contributed by atoms with Gasteiger partial charge in [-0.2, -0.15) is 0 Å². The third-order valence-corrected chi connectivity index (χ3v) is 4.02. The number of hydrogen-bond acceptors (Lipinski definition) is 3. The van der Waals surface area contributed by atoms with Gasteiger partial charge in [0.1, 0.15) is 4.88 Å². The van der Waals surface area contributed by atoms with E-state index in [0.717, 1.165) is 5.01 Å². The molecular weight excluding hydrogens is 246 g/mol. The lowest BCUT2D eigenvalue weighted by Crippen LogP contribution is -1.94. The quantitative estimate of drug-likeness (QED) is 0.921. The first-order valence-electron chi connectivity index (χ1n) is 5.73. The Balaban J connectivity index is 2.29. The maximum absolute atomic E-state index is 11.0. The highest BCUT2D eigenvalue weighted by Crippen LogP contribution is 2.22. The number of aryl methyl sites for hydroxylation is 3. The van der Waals surface area contributed by atoms with Gasteiger partial charge in [-0.25, -0.2) is 9.78 Å². The summed E-state index contributed by atoms with van der Waals surface area (Å²) < 4.78 is 0. The number of aromatic nitrogens is 1. The molecule has 1 aromatic carbocycles. The van der Waals surface area contributed by atoms with Gasteiger partial charge in [-0.3, -0.25) is 0 Å². The monoisotopic (exact) mass is 261 g/mol. The number of hydrogen-bond donors (Lipinski definition) is 1. The first-order valence-corrected chi connectivity index (χ1v) is 6.54. The molecule has 0 saturated heterocycles. The Hall–Kier alpha value is -1.68. The van der Waals surface area contributed by atoms with Crippen molar-refractivity contribution < 1.29 is 9.90 Å². The van der Waals surface area contributed by atoms with Crippen LogP contribution in [0.5, 0.6) is 0 Å². The smallest absolute Gasteiger partial charge is 0.347 e. The van der Waals surface area contributed by atoms with Crippen LogP contribution in [-0.2, 0) is 6.42 Å². The van der Waals surface area contributed by atoms with Crippen molar-refractivity contribution in [1.29, 1.82) is 0 Å². The van der Waals surface area contributed by atoms with E-state index in [1.807, 2.05) is 0 Å². The minimum absolute atomic E-state index is 0.342. The largest absolute Gasteiger partial charge is 0.477 e. The van der Waals surface area contributed by atoms with Gasteiger partial charge in [0.15, 0.2) is 0 Å². The van der Waals surface area contributed by atoms with Crippen LogP contribution in [0.2, 0.25) is 0 Å². The maximum atomic E-state index is 11.0. The van der Waals surface area contributed by atoms with Crippen LogP contribution in [0.15, 0.2) is 18.2 Å². The third-order valence-electron chi connectivity index (χ3n) is 2.87. The van der Waals surface area contributed by atoms with Crippen LogP contribution in [0.1, 0.15) is 37.1 Å². The molecule has 2 rings (SSSR count). The molecule has 3 nitrogen and oxygen atoms in total. The van der Waals surface area contributed by atoms with Crippen molar-refractivity contribution in [1.82, 2.24) is 4.98 Å². The van der Waals surface area contributed by atoms with Crippen LogP contribution >= 0.6 is 11.3 Å². The second kappa shape index (κ2) is 4.90. The summed E-state index contributed by atoms with van der Waals surface area (Å²) in [5.41, 5.74) is 4.26. The molecule has 94 valence electrons. The normalized spacial score (nSPS) is 10.6. The van der Waals surface area contributed by atoms with Crippen molar-refractivity contribution in [2.24, 2.45) is 0 Å². The molecule has 1 N–H and O–H groups in total. The molecule has 1 heterocycles. The lowest BCUT2D eigenvalue weighted by atomic mass is 10.0. The maximum Gasteiger partial charge on any atom is 0.347 e. The number of aromatic carboxylic acids is 1. The molecule has 0 bridgehead atoms. The van der Waals surface area contributed by atoms with Crippen LogP contribution in [-0.4, -0.2) is 16.1 Å². The van der Waals surface area contributed by atoms with Crippen LogP contribution < -0.4 is 0 Å². The number of thiazole rings is 1. The summed E-state index contributed by atoms with van der Waals surface area (Å²) in [6.45, 7) is 5.87. The van der Waals surface area contributed by atoms with Crippen LogP contribution in [0.4, 0.5) is 0 Å². The molecule has 18 heavy (non-hydrogen) atoms. The molecule has 0 spiro atoms. The van der Waals surface area contributed by atoms with E-state index in [0.29, 0.717) is 17.0 Å². The average molecular weight is 261 g/mol. The van der Waals surface area contributed by atoms with Gasteiger partial charge in [0, 0.05) is 6.42 Å². The van der Waals surface area contributed by atoms with Crippen molar-refractivity contribution in [2.45, 2.75) is 27.2 Å². The van der Waals surface area contributed by atoms with Gasteiger partial charge < -0.3 is 5.11 Å². The molecule has 0 saturated carbocycles. The number of nitrogens with zero attached hydrogens (tertiary/aromatic N) is 1. The Morgan fingerprint density at radius 3 is 2.61 bits per heavy atom. The Morgan fingerprint density at radius 2 is 2.06 bits per heavy atom. The first kappa shape index (κ1) is 12.8. The van der Waals surface area contributed by atoms with Gasteiger partial charge in [-0.05, 0) is 31.9 Å². The predicted molar refractivity (Wildman–Crippen MR) is 72.5 cm³/mol. The summed E-state index contributed by atoms with van der Waals surface area (Å²) in [5.74, 6) is -0.892. The van der Waals surface area contributed by atoms with Crippen molar-refractivity contribution in [3.63, 3.8) is 0 Å². The van der Waals surface area contributed by atoms with E-state index in [1.54, 1.807) is 6.92 Å². The lowest BCUT2D eigenvalue weighted by molar-refractivity contribution is 0.0701. The number of rotatable bonds is 3. The Kier molecular flexibility index (Phi) is 3.48. The molecule has 0 aliphatic heterocycles. The highest BCUT2D eigenvalue weighted by Gasteiger charge is 2.14. The van der Waals surface area contributed by atoms with E-state index in [-0.39, 0.29) is 0 Å². The van der Waals surface area contributed by atoms with Crippen molar-refractivity contribution in [2.75, 3.05) is 0 Å². The number of carboxylic acids is 1. The summed E-state index contributed by atoms with van der Waals surface area (Å²) in [6, 6.07) is 6.29. The standard InChI is InChI=1S/C14H15NO2S/c1-8-4-5-11(9(2)6-8)7-12-15-10(3)13(18-12)14(16)17/h4-6H,7H2,1-3H3,(H,16,17). The molecule has 0 aliphatic rings. The predicted octanol–water partition coefficient (Wildman–Crippen LogP) is 3.36. The average Bonchev–Trinajstić information content (AvgIpc) is 2.64. The number of carboxylic acid groups (broad SMARTS) is 1. The summed E-state index contributed by atoms with van der Waals surface area (Å²) in [4.78, 5) is 15.6. The Labute approximate surface area is 110 Å². The lowest BCUT2D eigenvalue weighted by Gasteiger charge is -2.04. The number of benzene rings is 1. The van der Waals surface area contributed by atoms with Crippen LogP contribution in [0.3, 0.4) is 0 Å². The van der Waals surface area contributed by atoms with E-state index < -0.39 is 5.97 Å². The zero-order valence-electron chi connectivity index (χ0n) is 10.7. The number of carbonyl (C=O) groups is 1. The van der Waals surface area contributed by atoms with E-state index in [1.165, 1.54) is 28.0 Å². The van der Waals surface area contributed by atoms with E-state index >= 15 is 0 Å². The Morgan fingerprint density at radius 1 is 1.33 bits per heavy atom. The first-order chi connectivity index (χ1) is 8.47. The van der Waals surface area contributed by atoms with Gasteiger partial charge >= 0.3 is 5.97 Å². The van der Waals surface area contributed by atoms with Gasteiger partial charge in [0.2, 0.25) is 0 Å². The molecule has 1 aromatic heterocycles.